The maximum atomic E-state index is 13.2. The second-order valence-corrected chi connectivity index (χ2v) is 13.1. The van der Waals surface area contributed by atoms with Crippen LogP contribution in [0, 0.1) is 0 Å². The third kappa shape index (κ3) is 6.66. The molecule has 0 aliphatic carbocycles. The van der Waals surface area contributed by atoms with Crippen LogP contribution in [-0.2, 0) is 20.0 Å². The van der Waals surface area contributed by atoms with Crippen molar-refractivity contribution in [3.63, 3.8) is 0 Å². The summed E-state index contributed by atoms with van der Waals surface area (Å²) in [5.41, 5.74) is 0.220. The summed E-state index contributed by atoms with van der Waals surface area (Å²) in [4.78, 5) is 15.1. The van der Waals surface area contributed by atoms with E-state index < -0.39 is 20.0 Å². The van der Waals surface area contributed by atoms with Crippen LogP contribution < -0.4 is 14.2 Å². The van der Waals surface area contributed by atoms with E-state index in [-0.39, 0.29) is 34.4 Å². The van der Waals surface area contributed by atoms with Gasteiger partial charge in [-0.2, -0.15) is 4.31 Å². The first-order valence-electron chi connectivity index (χ1n) is 12.9. The lowest BCUT2D eigenvalue weighted by Gasteiger charge is -2.22. The highest BCUT2D eigenvalue weighted by Gasteiger charge is 2.27. The molecule has 0 atom stereocenters. The number of hydrogen-bond acceptors (Lipinski definition) is 7. The molecule has 2 saturated heterocycles. The molecule has 2 aromatic rings. The number of ether oxygens (including phenoxy) is 2. The van der Waals surface area contributed by atoms with Crippen molar-refractivity contribution in [2.24, 2.45) is 0 Å². The second kappa shape index (κ2) is 12.5. The highest BCUT2D eigenvalue weighted by molar-refractivity contribution is 7.89. The van der Waals surface area contributed by atoms with Crippen molar-refractivity contribution in [3.8, 4) is 11.5 Å². The molecular formula is C26H35N3O7S2. The molecule has 2 fully saturated rings. The number of nitrogens with zero attached hydrogens (tertiary/aromatic N) is 2. The van der Waals surface area contributed by atoms with E-state index in [0.29, 0.717) is 37.7 Å². The molecule has 38 heavy (non-hydrogen) atoms. The third-order valence-corrected chi connectivity index (χ3v) is 10.2. The minimum Gasteiger partial charge on any atom is -0.496 e. The van der Waals surface area contributed by atoms with Crippen LogP contribution >= 0.6 is 0 Å². The van der Waals surface area contributed by atoms with Crippen molar-refractivity contribution < 1.29 is 31.1 Å². The fraction of sp³-hybridized carbons (Fsp3) is 0.500. The Kier molecular flexibility index (Phi) is 9.29. The largest absolute Gasteiger partial charge is 0.496 e. The molecule has 2 heterocycles. The molecule has 0 spiro atoms. The molecule has 0 unspecified atom stereocenters. The SMILES string of the molecule is COc1ccc(S(=O)(=O)NCCOc2ccc(S(=O)(=O)N3CCCC3)cc2)cc1C(=O)N1CCCCCC1. The molecule has 1 N–H and O–H groups in total. The summed E-state index contributed by atoms with van der Waals surface area (Å²) in [7, 11) is -5.96. The average molecular weight is 566 g/mol. The maximum Gasteiger partial charge on any atom is 0.257 e. The maximum absolute atomic E-state index is 13.2. The van der Waals surface area contributed by atoms with Gasteiger partial charge in [-0.05, 0) is 68.1 Å². The lowest BCUT2D eigenvalue weighted by atomic mass is 10.1. The van der Waals surface area contributed by atoms with E-state index in [1.54, 1.807) is 17.0 Å². The zero-order valence-electron chi connectivity index (χ0n) is 21.6. The monoisotopic (exact) mass is 565 g/mol. The van der Waals surface area contributed by atoms with Crippen molar-refractivity contribution in [1.82, 2.24) is 13.9 Å². The minimum absolute atomic E-state index is 0.0163. The van der Waals surface area contributed by atoms with Gasteiger partial charge < -0.3 is 14.4 Å². The number of nitrogens with one attached hydrogen (secondary N) is 1. The molecule has 0 radical (unpaired) electrons. The van der Waals surface area contributed by atoms with Crippen LogP contribution in [0.1, 0.15) is 48.9 Å². The van der Waals surface area contributed by atoms with Gasteiger partial charge in [-0.3, -0.25) is 4.79 Å². The number of likely N-dealkylation sites (tertiary alicyclic amines) is 1. The van der Waals surface area contributed by atoms with Crippen LogP contribution in [0.4, 0.5) is 0 Å². The zero-order chi connectivity index (χ0) is 27.2. The van der Waals surface area contributed by atoms with Crippen LogP contribution in [-0.4, -0.2) is 78.4 Å². The Morgan fingerprint density at radius 1 is 0.842 bits per heavy atom. The smallest absolute Gasteiger partial charge is 0.257 e. The lowest BCUT2D eigenvalue weighted by Crippen LogP contribution is -2.32. The van der Waals surface area contributed by atoms with Crippen LogP contribution in [0.25, 0.3) is 0 Å². The van der Waals surface area contributed by atoms with Crippen molar-refractivity contribution >= 4 is 26.0 Å². The van der Waals surface area contributed by atoms with Crippen LogP contribution in [0.15, 0.2) is 52.3 Å². The Bertz CT molecular complexity index is 1320. The van der Waals surface area contributed by atoms with Gasteiger partial charge in [0.25, 0.3) is 5.91 Å². The summed E-state index contributed by atoms with van der Waals surface area (Å²) in [6.07, 6.45) is 5.72. The molecule has 0 bridgehead atoms. The van der Waals surface area contributed by atoms with Gasteiger partial charge in [0.15, 0.2) is 0 Å². The molecule has 208 valence electrons. The number of amides is 1. The molecule has 2 aromatic carbocycles. The quantitative estimate of drug-likeness (QED) is 0.440. The first kappa shape index (κ1) is 28.3. The van der Waals surface area contributed by atoms with Gasteiger partial charge in [0.1, 0.15) is 18.1 Å². The Morgan fingerprint density at radius 2 is 1.45 bits per heavy atom. The normalized spacial score (nSPS) is 17.2. The molecule has 2 aliphatic rings. The molecule has 2 aliphatic heterocycles. The number of benzene rings is 2. The Morgan fingerprint density at radius 3 is 2.08 bits per heavy atom. The summed E-state index contributed by atoms with van der Waals surface area (Å²) in [6, 6.07) is 10.4. The van der Waals surface area contributed by atoms with E-state index in [0.717, 1.165) is 38.5 Å². The molecule has 0 aromatic heterocycles. The summed E-state index contributed by atoms with van der Waals surface area (Å²) < 4.78 is 66.0. The Labute approximate surface area is 225 Å². The van der Waals surface area contributed by atoms with Gasteiger partial charge in [-0.25, -0.2) is 21.6 Å². The van der Waals surface area contributed by atoms with Crippen LogP contribution in [0.5, 0.6) is 11.5 Å². The number of carbonyl (C=O) groups is 1. The molecule has 0 saturated carbocycles. The third-order valence-electron chi connectivity index (χ3n) is 6.79. The van der Waals surface area contributed by atoms with E-state index in [2.05, 4.69) is 4.72 Å². The lowest BCUT2D eigenvalue weighted by molar-refractivity contribution is 0.0758. The highest BCUT2D eigenvalue weighted by atomic mass is 32.2. The fourth-order valence-corrected chi connectivity index (χ4v) is 7.24. The van der Waals surface area contributed by atoms with Gasteiger partial charge in [-0.1, -0.05) is 12.8 Å². The van der Waals surface area contributed by atoms with E-state index in [9.17, 15) is 21.6 Å². The van der Waals surface area contributed by atoms with Crippen LogP contribution in [0.2, 0.25) is 0 Å². The topological polar surface area (TPSA) is 122 Å². The van der Waals surface area contributed by atoms with Crippen LogP contribution in [0.3, 0.4) is 0 Å². The predicted octanol–water partition coefficient (Wildman–Crippen LogP) is 2.85. The van der Waals surface area contributed by atoms with Gasteiger partial charge in [0.2, 0.25) is 20.0 Å². The first-order chi connectivity index (χ1) is 18.2. The number of carbonyl (C=O) groups excluding carboxylic acids is 1. The molecule has 1 amide bonds. The summed E-state index contributed by atoms with van der Waals surface area (Å²) in [6.45, 7) is 2.36. The van der Waals surface area contributed by atoms with E-state index >= 15 is 0 Å². The standard InChI is InChI=1S/C26H35N3O7S2/c1-35-25-13-12-23(20-24(25)26(30)28-15-4-2-3-5-16-28)37(31,32)27-14-19-36-21-8-10-22(11-9-21)38(33,34)29-17-6-7-18-29/h8-13,20,27H,2-7,14-19H2,1H3. The summed E-state index contributed by atoms with van der Waals surface area (Å²) in [5, 5.41) is 0. The fourth-order valence-electron chi connectivity index (χ4n) is 4.68. The van der Waals surface area contributed by atoms with Gasteiger partial charge in [-0.15, -0.1) is 0 Å². The van der Waals surface area contributed by atoms with Crippen molar-refractivity contribution in [3.05, 3.63) is 48.0 Å². The van der Waals surface area contributed by atoms with Gasteiger partial charge in [0.05, 0.1) is 22.5 Å². The molecular weight excluding hydrogens is 530 g/mol. The minimum atomic E-state index is -3.91. The molecule has 10 nitrogen and oxygen atoms in total. The molecule has 4 rings (SSSR count). The van der Waals surface area contributed by atoms with Crippen molar-refractivity contribution in [1.29, 1.82) is 0 Å². The Hall–Kier alpha value is -2.67. The van der Waals surface area contributed by atoms with Crippen molar-refractivity contribution in [2.75, 3.05) is 46.4 Å². The van der Waals surface area contributed by atoms with Gasteiger partial charge >= 0.3 is 0 Å². The van der Waals surface area contributed by atoms with E-state index in [1.807, 2.05) is 0 Å². The summed E-state index contributed by atoms with van der Waals surface area (Å²) >= 11 is 0. The van der Waals surface area contributed by atoms with E-state index in [1.165, 1.54) is 41.7 Å². The number of rotatable bonds is 10. The number of sulfonamides is 2. The summed E-state index contributed by atoms with van der Waals surface area (Å²) in [5.74, 6) is 0.524. The van der Waals surface area contributed by atoms with E-state index in [4.69, 9.17) is 9.47 Å². The van der Waals surface area contributed by atoms with Crippen molar-refractivity contribution in [2.45, 2.75) is 48.3 Å². The first-order valence-corrected chi connectivity index (χ1v) is 15.8. The zero-order valence-corrected chi connectivity index (χ0v) is 23.2. The number of hydrogen-bond donors (Lipinski definition) is 1. The average Bonchev–Trinajstić information content (AvgIpc) is 3.35. The highest BCUT2D eigenvalue weighted by Crippen LogP contribution is 2.26. The molecule has 12 heteroatoms. The predicted molar refractivity (Wildman–Crippen MR) is 142 cm³/mol. The Balaban J connectivity index is 1.35. The number of methoxy groups -OCH3 is 1. The van der Waals surface area contributed by atoms with Gasteiger partial charge in [0, 0.05) is 32.7 Å². The second-order valence-electron chi connectivity index (χ2n) is 9.40.